The number of aromatic amines is 1. The Morgan fingerprint density at radius 1 is 1.56 bits per heavy atom. The van der Waals surface area contributed by atoms with Crippen molar-refractivity contribution in [3.8, 4) is 0 Å². The molecule has 1 heterocycles. The summed E-state index contributed by atoms with van der Waals surface area (Å²) in [6.07, 6.45) is 1.48. The van der Waals surface area contributed by atoms with Crippen LogP contribution in [0.3, 0.4) is 0 Å². The van der Waals surface area contributed by atoms with Crippen LogP contribution in [0.2, 0.25) is 0 Å². The van der Waals surface area contributed by atoms with Crippen molar-refractivity contribution in [3.05, 3.63) is 41.2 Å². The molecule has 0 bridgehead atoms. The lowest BCUT2D eigenvalue weighted by Crippen LogP contribution is -2.13. The maximum absolute atomic E-state index is 8.62. The van der Waals surface area contributed by atoms with Gasteiger partial charge in [-0.25, -0.2) is 4.98 Å². The second-order valence-corrected chi connectivity index (χ2v) is 4.67. The molecule has 0 aliphatic heterocycles. The molecule has 0 amide bonds. The lowest BCUT2D eigenvalue weighted by atomic mass is 10.1. The summed E-state index contributed by atoms with van der Waals surface area (Å²) in [6.45, 7) is 1.99. The number of nitrogens with two attached hydrogens (primary N) is 1. The summed E-state index contributed by atoms with van der Waals surface area (Å²) >= 11 is 1.57. The van der Waals surface area contributed by atoms with Gasteiger partial charge in [0.25, 0.3) is 0 Å². The fourth-order valence-electron chi connectivity index (χ4n) is 1.48. The number of benzene rings is 1. The maximum Gasteiger partial charge on any atom is 0.183 e. The Bertz CT molecular complexity index is 553. The molecule has 0 aliphatic carbocycles. The molecule has 0 saturated carbocycles. The van der Waals surface area contributed by atoms with Crippen LogP contribution >= 0.6 is 11.8 Å². The number of aryl methyl sites for hydroxylation is 1. The van der Waals surface area contributed by atoms with Gasteiger partial charge in [0.05, 0.1) is 0 Å². The van der Waals surface area contributed by atoms with Gasteiger partial charge in [0.2, 0.25) is 0 Å². The Morgan fingerprint density at radius 3 is 3.00 bits per heavy atom. The van der Waals surface area contributed by atoms with Crippen LogP contribution in [-0.4, -0.2) is 26.2 Å². The summed E-state index contributed by atoms with van der Waals surface area (Å²) in [5, 5.41) is 19.0. The molecule has 6 nitrogen and oxygen atoms in total. The summed E-state index contributed by atoms with van der Waals surface area (Å²) in [5.41, 5.74) is 8.51. The largest absolute Gasteiger partial charge is 0.409 e. The van der Waals surface area contributed by atoms with Crippen LogP contribution in [0.1, 0.15) is 16.7 Å². The number of hydrogen-bond donors (Lipinski definition) is 3. The molecule has 1 aromatic carbocycles. The van der Waals surface area contributed by atoms with Gasteiger partial charge < -0.3 is 10.9 Å². The number of hydrogen-bond acceptors (Lipinski definition) is 5. The van der Waals surface area contributed by atoms with E-state index in [9.17, 15) is 0 Å². The number of oxime groups is 1. The van der Waals surface area contributed by atoms with Gasteiger partial charge >= 0.3 is 0 Å². The van der Waals surface area contributed by atoms with Crippen molar-refractivity contribution in [2.24, 2.45) is 10.9 Å². The van der Waals surface area contributed by atoms with E-state index in [1.165, 1.54) is 11.9 Å². The van der Waals surface area contributed by atoms with Gasteiger partial charge in [0.15, 0.2) is 11.0 Å². The monoisotopic (exact) mass is 263 g/mol. The highest BCUT2D eigenvalue weighted by Gasteiger charge is 2.05. The third-order valence-electron chi connectivity index (χ3n) is 2.50. The summed E-state index contributed by atoms with van der Waals surface area (Å²) in [5.74, 6) is 0.907. The Kier molecular flexibility index (Phi) is 3.83. The number of nitrogens with zero attached hydrogens (tertiary/aromatic N) is 3. The topological polar surface area (TPSA) is 100 Å². The van der Waals surface area contributed by atoms with Crippen LogP contribution in [0.25, 0.3) is 0 Å². The molecule has 0 fully saturated rings. The molecule has 0 radical (unpaired) electrons. The van der Waals surface area contributed by atoms with Crippen LogP contribution in [0.15, 0.2) is 34.8 Å². The van der Waals surface area contributed by atoms with Gasteiger partial charge in [-0.3, -0.25) is 5.10 Å². The third-order valence-corrected chi connectivity index (χ3v) is 3.43. The van der Waals surface area contributed by atoms with E-state index in [0.29, 0.717) is 5.56 Å². The Hall–Kier alpha value is -2.02. The van der Waals surface area contributed by atoms with E-state index >= 15 is 0 Å². The summed E-state index contributed by atoms with van der Waals surface area (Å²) in [6, 6.07) is 5.69. The highest BCUT2D eigenvalue weighted by atomic mass is 32.2. The highest BCUT2D eigenvalue weighted by molar-refractivity contribution is 7.98. The van der Waals surface area contributed by atoms with Crippen LogP contribution in [0, 0.1) is 6.92 Å². The molecule has 0 saturated heterocycles. The zero-order valence-corrected chi connectivity index (χ0v) is 10.6. The Labute approximate surface area is 108 Å². The summed E-state index contributed by atoms with van der Waals surface area (Å²) < 4.78 is 0. The number of amidine groups is 1. The van der Waals surface area contributed by atoms with Crippen molar-refractivity contribution in [1.82, 2.24) is 15.2 Å². The smallest absolute Gasteiger partial charge is 0.183 e. The number of thioether (sulfide) groups is 1. The fraction of sp³-hybridized carbons (Fsp3) is 0.182. The molecule has 7 heteroatoms. The molecule has 94 valence electrons. The van der Waals surface area contributed by atoms with Crippen molar-refractivity contribution >= 4 is 17.6 Å². The van der Waals surface area contributed by atoms with Crippen molar-refractivity contribution in [1.29, 1.82) is 0 Å². The van der Waals surface area contributed by atoms with E-state index in [2.05, 4.69) is 20.3 Å². The van der Waals surface area contributed by atoms with Gasteiger partial charge in [-0.15, -0.1) is 0 Å². The first kappa shape index (κ1) is 12.4. The second-order valence-electron chi connectivity index (χ2n) is 3.71. The molecule has 2 rings (SSSR count). The summed E-state index contributed by atoms with van der Waals surface area (Å²) in [7, 11) is 0. The molecule has 4 N–H and O–H groups in total. The first-order chi connectivity index (χ1) is 8.70. The lowest BCUT2D eigenvalue weighted by molar-refractivity contribution is 0.318. The predicted molar refractivity (Wildman–Crippen MR) is 69.6 cm³/mol. The van der Waals surface area contributed by atoms with Crippen molar-refractivity contribution in [2.75, 3.05) is 0 Å². The van der Waals surface area contributed by atoms with Gasteiger partial charge in [-0.1, -0.05) is 29.1 Å². The molecule has 0 atom stereocenters. The van der Waals surface area contributed by atoms with E-state index < -0.39 is 0 Å². The van der Waals surface area contributed by atoms with Crippen molar-refractivity contribution < 1.29 is 5.21 Å². The minimum Gasteiger partial charge on any atom is -0.409 e. The van der Waals surface area contributed by atoms with Gasteiger partial charge in [-0.2, -0.15) is 5.10 Å². The summed E-state index contributed by atoms with van der Waals surface area (Å²) in [4.78, 5) is 4.04. The van der Waals surface area contributed by atoms with Crippen LogP contribution < -0.4 is 5.73 Å². The molecule has 0 unspecified atom stereocenters. The molecule has 18 heavy (non-hydrogen) atoms. The molecular weight excluding hydrogens is 250 g/mol. The standard InChI is InChI=1S/C11H13N5OS/c1-7-4-8(10(12)16-17)2-3-9(7)5-18-11-13-6-14-15-11/h2-4,6,17H,5H2,1H3,(H2,12,16)(H,13,14,15). The zero-order chi connectivity index (χ0) is 13.0. The minimum absolute atomic E-state index is 0.118. The van der Waals surface area contributed by atoms with E-state index in [4.69, 9.17) is 10.9 Å². The van der Waals surface area contributed by atoms with Crippen LogP contribution in [0.5, 0.6) is 0 Å². The third kappa shape index (κ3) is 2.80. The number of rotatable bonds is 4. The Morgan fingerprint density at radius 2 is 2.39 bits per heavy atom. The van der Waals surface area contributed by atoms with E-state index in [1.54, 1.807) is 11.8 Å². The minimum atomic E-state index is 0.118. The van der Waals surface area contributed by atoms with Crippen molar-refractivity contribution in [2.45, 2.75) is 17.8 Å². The zero-order valence-electron chi connectivity index (χ0n) is 9.79. The Balaban J connectivity index is 2.10. The maximum atomic E-state index is 8.62. The number of aromatic nitrogens is 3. The SMILES string of the molecule is Cc1cc(/C(N)=N/O)ccc1CSc1ncn[nH]1. The quantitative estimate of drug-likeness (QED) is 0.255. The number of nitrogens with one attached hydrogen (secondary N) is 1. The number of H-pyrrole nitrogens is 1. The van der Waals surface area contributed by atoms with Gasteiger partial charge in [0.1, 0.15) is 6.33 Å². The second kappa shape index (κ2) is 5.54. The first-order valence-corrected chi connectivity index (χ1v) is 6.25. The normalized spacial score (nSPS) is 11.7. The van der Waals surface area contributed by atoms with Crippen LogP contribution in [0.4, 0.5) is 0 Å². The first-order valence-electron chi connectivity index (χ1n) is 5.26. The lowest BCUT2D eigenvalue weighted by Gasteiger charge is -2.06. The van der Waals surface area contributed by atoms with E-state index in [1.807, 2.05) is 25.1 Å². The molecule has 2 aromatic rings. The fourth-order valence-corrected chi connectivity index (χ4v) is 2.34. The molecular formula is C11H13N5OS. The average Bonchev–Trinajstić information content (AvgIpc) is 2.89. The van der Waals surface area contributed by atoms with E-state index in [0.717, 1.165) is 16.5 Å². The average molecular weight is 263 g/mol. The van der Waals surface area contributed by atoms with Crippen molar-refractivity contribution in [3.63, 3.8) is 0 Å². The predicted octanol–water partition coefficient (Wildman–Crippen LogP) is 1.50. The molecule has 0 aliphatic rings. The van der Waals surface area contributed by atoms with E-state index in [-0.39, 0.29) is 5.84 Å². The molecule has 1 aromatic heterocycles. The highest BCUT2D eigenvalue weighted by Crippen LogP contribution is 2.21. The van der Waals surface area contributed by atoms with Gasteiger partial charge in [0, 0.05) is 11.3 Å². The van der Waals surface area contributed by atoms with Crippen LogP contribution in [-0.2, 0) is 5.75 Å². The molecule has 0 spiro atoms. The van der Waals surface area contributed by atoms with Gasteiger partial charge in [-0.05, 0) is 24.1 Å².